The van der Waals surface area contributed by atoms with Crippen molar-refractivity contribution in [2.75, 3.05) is 11.5 Å². The minimum atomic E-state index is 0.0488. The molecule has 2 aromatic rings. The van der Waals surface area contributed by atoms with Gasteiger partial charge in [0, 0.05) is 34.5 Å². The molecule has 4 heteroatoms. The molecule has 1 aliphatic heterocycles. The van der Waals surface area contributed by atoms with Crippen molar-refractivity contribution in [1.82, 2.24) is 10.3 Å². The lowest BCUT2D eigenvalue weighted by Gasteiger charge is -2.22. The highest BCUT2D eigenvalue weighted by atomic mass is 32.2. The number of amides is 1. The first-order valence-electron chi connectivity index (χ1n) is 6.29. The zero-order valence-corrected chi connectivity index (χ0v) is 10.9. The van der Waals surface area contributed by atoms with Crippen LogP contribution in [0.25, 0.3) is 10.9 Å². The van der Waals surface area contributed by atoms with Crippen molar-refractivity contribution in [1.29, 1.82) is 0 Å². The molecule has 1 aromatic heterocycles. The monoisotopic (exact) mass is 260 g/mol. The van der Waals surface area contributed by atoms with Crippen LogP contribution in [0.3, 0.4) is 0 Å². The maximum atomic E-state index is 12.3. The number of H-pyrrole nitrogens is 1. The largest absolute Gasteiger partial charge is 0.361 e. The van der Waals surface area contributed by atoms with E-state index in [0.29, 0.717) is 6.04 Å². The number of carbonyl (C=O) groups excluding carboxylic acids is 1. The number of nitrogens with one attached hydrogen (secondary N) is 2. The molecule has 1 saturated heterocycles. The maximum absolute atomic E-state index is 12.3. The Morgan fingerprint density at radius 2 is 2.33 bits per heavy atom. The van der Waals surface area contributed by atoms with Crippen molar-refractivity contribution in [2.45, 2.75) is 18.9 Å². The van der Waals surface area contributed by atoms with E-state index in [1.807, 2.05) is 42.2 Å². The second-order valence-electron chi connectivity index (χ2n) is 4.63. The summed E-state index contributed by atoms with van der Waals surface area (Å²) < 4.78 is 0. The van der Waals surface area contributed by atoms with Crippen molar-refractivity contribution in [2.24, 2.45) is 0 Å². The van der Waals surface area contributed by atoms with Gasteiger partial charge in [-0.25, -0.2) is 0 Å². The van der Waals surface area contributed by atoms with Gasteiger partial charge in [-0.3, -0.25) is 4.79 Å². The fourth-order valence-corrected chi connectivity index (χ4v) is 3.47. The quantitative estimate of drug-likeness (QED) is 0.872. The van der Waals surface area contributed by atoms with Crippen LogP contribution in [-0.2, 0) is 0 Å². The summed E-state index contributed by atoms with van der Waals surface area (Å²) in [5, 5.41) is 4.14. The number of hydrogen-bond donors (Lipinski definition) is 2. The molecule has 1 aliphatic rings. The summed E-state index contributed by atoms with van der Waals surface area (Å²) in [7, 11) is 0. The van der Waals surface area contributed by atoms with E-state index >= 15 is 0 Å². The zero-order chi connectivity index (χ0) is 12.4. The first-order valence-corrected chi connectivity index (χ1v) is 7.45. The van der Waals surface area contributed by atoms with Crippen LogP contribution in [0.5, 0.6) is 0 Å². The molecule has 0 bridgehead atoms. The minimum Gasteiger partial charge on any atom is -0.361 e. The van der Waals surface area contributed by atoms with Crippen LogP contribution in [0.1, 0.15) is 23.2 Å². The smallest absolute Gasteiger partial charge is 0.252 e. The lowest BCUT2D eigenvalue weighted by atomic mass is 10.1. The zero-order valence-electron chi connectivity index (χ0n) is 10.1. The van der Waals surface area contributed by atoms with E-state index in [0.717, 1.165) is 28.6 Å². The number of aromatic amines is 1. The molecule has 0 radical (unpaired) electrons. The highest BCUT2D eigenvalue weighted by Gasteiger charge is 2.18. The molecule has 1 amide bonds. The molecule has 3 nitrogen and oxygen atoms in total. The molecule has 18 heavy (non-hydrogen) atoms. The molecule has 1 aromatic carbocycles. The van der Waals surface area contributed by atoms with Crippen LogP contribution >= 0.6 is 11.8 Å². The molecule has 0 saturated carbocycles. The van der Waals surface area contributed by atoms with Gasteiger partial charge in [0.05, 0.1) is 0 Å². The van der Waals surface area contributed by atoms with Crippen molar-refractivity contribution < 1.29 is 4.79 Å². The van der Waals surface area contributed by atoms with Gasteiger partial charge >= 0.3 is 0 Å². The van der Waals surface area contributed by atoms with E-state index in [1.54, 1.807) is 0 Å². The van der Waals surface area contributed by atoms with Crippen molar-refractivity contribution >= 4 is 28.6 Å². The van der Waals surface area contributed by atoms with Gasteiger partial charge < -0.3 is 10.3 Å². The van der Waals surface area contributed by atoms with Gasteiger partial charge in [-0.05, 0) is 36.8 Å². The number of benzene rings is 1. The second-order valence-corrected chi connectivity index (χ2v) is 5.78. The highest BCUT2D eigenvalue weighted by molar-refractivity contribution is 7.99. The predicted octanol–water partition coefficient (Wildman–Crippen LogP) is 2.79. The SMILES string of the molecule is O=C(NC1CCCSC1)c1cccc2[nH]ccc12. The van der Waals surface area contributed by atoms with Gasteiger partial charge in [-0.2, -0.15) is 11.8 Å². The summed E-state index contributed by atoms with van der Waals surface area (Å²) in [5.74, 6) is 2.31. The van der Waals surface area contributed by atoms with Crippen LogP contribution in [0.2, 0.25) is 0 Å². The number of fused-ring (bicyclic) bond motifs is 1. The first kappa shape index (κ1) is 11.7. The average Bonchev–Trinajstić information content (AvgIpc) is 2.87. The second kappa shape index (κ2) is 5.06. The molecular formula is C14H16N2OS. The average molecular weight is 260 g/mol. The lowest BCUT2D eigenvalue weighted by molar-refractivity contribution is 0.0940. The van der Waals surface area contributed by atoms with E-state index in [1.165, 1.54) is 12.2 Å². The Hall–Kier alpha value is -1.42. The molecule has 1 unspecified atom stereocenters. The van der Waals surface area contributed by atoms with Gasteiger partial charge in [0.1, 0.15) is 0 Å². The third-order valence-electron chi connectivity index (χ3n) is 3.34. The Morgan fingerprint density at radius 3 is 3.17 bits per heavy atom. The summed E-state index contributed by atoms with van der Waals surface area (Å²) in [5.41, 5.74) is 1.78. The third-order valence-corrected chi connectivity index (χ3v) is 4.55. The van der Waals surface area contributed by atoms with Gasteiger partial charge in [0.2, 0.25) is 0 Å². The van der Waals surface area contributed by atoms with E-state index in [9.17, 15) is 4.79 Å². The fourth-order valence-electron chi connectivity index (χ4n) is 2.40. The summed E-state index contributed by atoms with van der Waals surface area (Å²) in [4.78, 5) is 15.4. The molecule has 3 rings (SSSR count). The molecule has 1 fully saturated rings. The molecule has 1 atom stereocenters. The third kappa shape index (κ3) is 2.25. The first-order chi connectivity index (χ1) is 8.84. The summed E-state index contributed by atoms with van der Waals surface area (Å²) in [6.45, 7) is 0. The number of thioether (sulfide) groups is 1. The fraction of sp³-hybridized carbons (Fsp3) is 0.357. The topological polar surface area (TPSA) is 44.9 Å². The van der Waals surface area contributed by atoms with Crippen molar-refractivity contribution in [3.63, 3.8) is 0 Å². The van der Waals surface area contributed by atoms with E-state index in [4.69, 9.17) is 0 Å². The summed E-state index contributed by atoms with van der Waals surface area (Å²) in [6.07, 6.45) is 4.17. The van der Waals surface area contributed by atoms with Crippen LogP contribution in [-0.4, -0.2) is 28.4 Å². The van der Waals surface area contributed by atoms with Crippen LogP contribution in [0.15, 0.2) is 30.5 Å². The van der Waals surface area contributed by atoms with E-state index in [-0.39, 0.29) is 5.91 Å². The molecule has 2 heterocycles. The Labute approximate surface area is 110 Å². The Bertz CT molecular complexity index is 558. The van der Waals surface area contributed by atoms with E-state index < -0.39 is 0 Å². The van der Waals surface area contributed by atoms with Gasteiger partial charge in [-0.1, -0.05) is 6.07 Å². The molecule has 2 N–H and O–H groups in total. The van der Waals surface area contributed by atoms with Crippen LogP contribution in [0.4, 0.5) is 0 Å². The highest BCUT2D eigenvalue weighted by Crippen LogP contribution is 2.20. The number of hydrogen-bond acceptors (Lipinski definition) is 2. The Balaban J connectivity index is 1.81. The number of aromatic nitrogens is 1. The van der Waals surface area contributed by atoms with Crippen molar-refractivity contribution in [3.8, 4) is 0 Å². The van der Waals surface area contributed by atoms with Gasteiger partial charge in [0.15, 0.2) is 0 Å². The Morgan fingerprint density at radius 1 is 1.39 bits per heavy atom. The normalized spacial score (nSPS) is 19.9. The summed E-state index contributed by atoms with van der Waals surface area (Å²) >= 11 is 1.92. The Kier molecular flexibility index (Phi) is 3.28. The standard InChI is InChI=1S/C14H16N2OS/c17-14(16-10-3-2-8-18-9-10)12-4-1-5-13-11(12)6-7-15-13/h1,4-7,10,15H,2-3,8-9H2,(H,16,17). The molecule has 0 aliphatic carbocycles. The molecular weight excluding hydrogens is 244 g/mol. The lowest BCUT2D eigenvalue weighted by Crippen LogP contribution is -2.38. The van der Waals surface area contributed by atoms with Crippen LogP contribution in [0, 0.1) is 0 Å². The summed E-state index contributed by atoms with van der Waals surface area (Å²) in [6, 6.07) is 8.08. The molecule has 94 valence electrons. The number of carbonyl (C=O) groups is 1. The number of rotatable bonds is 2. The van der Waals surface area contributed by atoms with E-state index in [2.05, 4.69) is 10.3 Å². The van der Waals surface area contributed by atoms with Gasteiger partial charge in [-0.15, -0.1) is 0 Å². The minimum absolute atomic E-state index is 0.0488. The van der Waals surface area contributed by atoms with Gasteiger partial charge in [0.25, 0.3) is 5.91 Å². The van der Waals surface area contributed by atoms with Crippen LogP contribution < -0.4 is 5.32 Å². The predicted molar refractivity (Wildman–Crippen MR) is 76.1 cm³/mol. The maximum Gasteiger partial charge on any atom is 0.252 e. The van der Waals surface area contributed by atoms with Crippen molar-refractivity contribution in [3.05, 3.63) is 36.0 Å². The molecule has 0 spiro atoms.